The van der Waals surface area contributed by atoms with Crippen molar-refractivity contribution >= 4 is 41.4 Å². The normalized spacial score (nSPS) is 16.7. The summed E-state index contributed by atoms with van der Waals surface area (Å²) >= 11 is 0. The molecular weight excluding hydrogens is 829 g/mol. The van der Waals surface area contributed by atoms with Crippen LogP contribution in [-0.2, 0) is 41.6 Å². The SMILES string of the molecule is C=CC.CCCCC(=O)NC1(C(=O)NC(Cc2ccccc2)C(=O)NC(CCCN=C(N)N)C(=O)N[C@@H](Cc2c[nH]c(C)c2C)C(=O)NCC(N)=O)CCC(c2ccc(OC)cc2)CC1. The van der Waals surface area contributed by atoms with Gasteiger partial charge in [0.05, 0.1) is 13.7 Å². The van der Waals surface area contributed by atoms with E-state index in [-0.39, 0.29) is 56.4 Å². The number of primary amides is 1. The first-order valence-corrected chi connectivity index (χ1v) is 22.3. The number of hydrogen-bond donors (Lipinski definition) is 9. The number of methoxy groups -OCH3 is 1. The average molecular weight is 899 g/mol. The van der Waals surface area contributed by atoms with Crippen molar-refractivity contribution in [3.05, 3.63) is 101 Å². The maximum absolute atomic E-state index is 14.7. The van der Waals surface area contributed by atoms with Crippen LogP contribution in [0.5, 0.6) is 5.75 Å². The molecule has 0 spiro atoms. The summed E-state index contributed by atoms with van der Waals surface area (Å²) in [5, 5.41) is 14.1. The van der Waals surface area contributed by atoms with E-state index in [1.165, 1.54) is 0 Å². The third-order valence-corrected chi connectivity index (χ3v) is 11.5. The number of amides is 6. The van der Waals surface area contributed by atoms with Crippen LogP contribution in [0, 0.1) is 13.8 Å². The highest BCUT2D eigenvalue weighted by Crippen LogP contribution is 2.39. The fourth-order valence-corrected chi connectivity index (χ4v) is 7.66. The Morgan fingerprint density at radius 3 is 2.06 bits per heavy atom. The van der Waals surface area contributed by atoms with Crippen molar-refractivity contribution in [3.63, 3.8) is 0 Å². The fourth-order valence-electron chi connectivity index (χ4n) is 7.66. The van der Waals surface area contributed by atoms with Crippen LogP contribution in [0.15, 0.2) is 78.4 Å². The van der Waals surface area contributed by atoms with E-state index in [1.807, 2.05) is 82.3 Å². The average Bonchev–Trinajstić information content (AvgIpc) is 3.60. The Kier molecular flexibility index (Phi) is 21.8. The molecule has 0 radical (unpaired) electrons. The topological polar surface area (TPSA) is 278 Å². The van der Waals surface area contributed by atoms with Crippen molar-refractivity contribution in [2.45, 2.75) is 128 Å². The fraction of sp³-hybridized carbons (Fsp3) is 0.479. The number of aryl methyl sites for hydroxylation is 1. The van der Waals surface area contributed by atoms with Crippen LogP contribution in [0.4, 0.5) is 0 Å². The Labute approximate surface area is 382 Å². The van der Waals surface area contributed by atoms with Gasteiger partial charge in [0.15, 0.2) is 5.96 Å². The van der Waals surface area contributed by atoms with E-state index in [0.717, 1.165) is 40.1 Å². The number of aromatic amines is 1. The van der Waals surface area contributed by atoms with Gasteiger partial charge < -0.3 is 53.5 Å². The minimum absolute atomic E-state index is 0.0580. The molecule has 0 aliphatic heterocycles. The van der Waals surface area contributed by atoms with Crippen molar-refractivity contribution < 1.29 is 33.5 Å². The van der Waals surface area contributed by atoms with Crippen LogP contribution in [0.3, 0.4) is 0 Å². The van der Waals surface area contributed by atoms with Crippen molar-refractivity contribution in [3.8, 4) is 5.75 Å². The molecule has 6 amide bonds. The summed E-state index contributed by atoms with van der Waals surface area (Å²) in [6, 6.07) is 13.4. The van der Waals surface area contributed by atoms with Gasteiger partial charge in [-0.3, -0.25) is 33.8 Å². The van der Waals surface area contributed by atoms with Gasteiger partial charge in [0.25, 0.3) is 0 Å². The predicted molar refractivity (Wildman–Crippen MR) is 252 cm³/mol. The number of H-pyrrole nitrogens is 1. The molecule has 0 saturated heterocycles. The van der Waals surface area contributed by atoms with Gasteiger partial charge >= 0.3 is 0 Å². The number of allylic oxidation sites excluding steroid dienone is 1. The Morgan fingerprint density at radius 2 is 1.49 bits per heavy atom. The number of aliphatic imine (C=N–C) groups is 1. The van der Waals surface area contributed by atoms with Crippen molar-refractivity contribution in [1.29, 1.82) is 0 Å². The van der Waals surface area contributed by atoms with Gasteiger partial charge in [0.1, 0.15) is 29.4 Å². The zero-order chi connectivity index (χ0) is 47.9. The van der Waals surface area contributed by atoms with E-state index in [2.05, 4.69) is 43.1 Å². The molecule has 17 heteroatoms. The number of benzene rings is 2. The lowest BCUT2D eigenvalue weighted by Gasteiger charge is -2.40. The summed E-state index contributed by atoms with van der Waals surface area (Å²) in [7, 11) is 1.61. The molecular formula is C48H70N10O7. The van der Waals surface area contributed by atoms with Crippen LogP contribution in [0.2, 0.25) is 0 Å². The zero-order valence-corrected chi connectivity index (χ0v) is 38.6. The minimum Gasteiger partial charge on any atom is -0.497 e. The predicted octanol–water partition coefficient (Wildman–Crippen LogP) is 3.13. The minimum atomic E-state index is -1.29. The maximum Gasteiger partial charge on any atom is 0.246 e. The Morgan fingerprint density at radius 1 is 0.877 bits per heavy atom. The zero-order valence-electron chi connectivity index (χ0n) is 38.6. The number of unbranched alkanes of at least 4 members (excludes halogenated alkanes) is 1. The van der Waals surface area contributed by atoms with Crippen LogP contribution in [-0.4, -0.2) is 90.3 Å². The first kappa shape index (κ1) is 52.7. The molecule has 3 atom stereocenters. The number of nitrogens with one attached hydrogen (secondary N) is 6. The lowest BCUT2D eigenvalue weighted by molar-refractivity contribution is -0.138. The van der Waals surface area contributed by atoms with Gasteiger partial charge in [-0.2, -0.15) is 0 Å². The third-order valence-electron chi connectivity index (χ3n) is 11.5. The van der Waals surface area contributed by atoms with E-state index in [9.17, 15) is 28.8 Å². The van der Waals surface area contributed by atoms with Crippen LogP contribution in [0.1, 0.15) is 106 Å². The van der Waals surface area contributed by atoms with Gasteiger partial charge in [0.2, 0.25) is 35.4 Å². The molecule has 3 aromatic rings. The summed E-state index contributed by atoms with van der Waals surface area (Å²) in [6.07, 6.45) is 7.55. The number of ether oxygens (including phenoxy) is 1. The second-order valence-corrected chi connectivity index (χ2v) is 16.4. The second-order valence-electron chi connectivity index (χ2n) is 16.4. The van der Waals surface area contributed by atoms with E-state index in [1.54, 1.807) is 19.4 Å². The van der Waals surface area contributed by atoms with E-state index < -0.39 is 59.7 Å². The largest absolute Gasteiger partial charge is 0.497 e. The first-order valence-electron chi connectivity index (χ1n) is 22.3. The molecule has 1 aromatic heterocycles. The number of aromatic nitrogens is 1. The Bertz CT molecular complexity index is 2060. The molecule has 2 aromatic carbocycles. The molecule has 1 heterocycles. The number of nitrogens with zero attached hydrogens (tertiary/aromatic N) is 1. The number of hydrogen-bond acceptors (Lipinski definition) is 8. The molecule has 12 N–H and O–H groups in total. The highest BCUT2D eigenvalue weighted by molar-refractivity contribution is 5.97. The molecule has 1 saturated carbocycles. The van der Waals surface area contributed by atoms with Crippen LogP contribution in [0.25, 0.3) is 0 Å². The smallest absolute Gasteiger partial charge is 0.246 e. The molecule has 354 valence electrons. The molecule has 2 unspecified atom stereocenters. The number of rotatable bonds is 23. The Balaban J connectivity index is 0.00000363. The lowest BCUT2D eigenvalue weighted by Crippen LogP contribution is -2.64. The van der Waals surface area contributed by atoms with Gasteiger partial charge in [0, 0.05) is 37.7 Å². The summed E-state index contributed by atoms with van der Waals surface area (Å²) in [5.41, 5.74) is 19.5. The summed E-state index contributed by atoms with van der Waals surface area (Å²) < 4.78 is 5.33. The molecule has 0 bridgehead atoms. The van der Waals surface area contributed by atoms with Crippen molar-refractivity contribution in [1.82, 2.24) is 31.6 Å². The monoisotopic (exact) mass is 899 g/mol. The summed E-state index contributed by atoms with van der Waals surface area (Å²) in [5.74, 6) is -2.76. The van der Waals surface area contributed by atoms with Gasteiger partial charge in [-0.1, -0.05) is 61.9 Å². The molecule has 65 heavy (non-hydrogen) atoms. The number of guanidine groups is 1. The number of nitrogens with two attached hydrogens (primary N) is 3. The second kappa shape index (κ2) is 26.9. The van der Waals surface area contributed by atoms with Crippen molar-refractivity contribution in [2.24, 2.45) is 22.2 Å². The van der Waals surface area contributed by atoms with Crippen molar-refractivity contribution in [2.75, 3.05) is 20.2 Å². The highest BCUT2D eigenvalue weighted by atomic mass is 16.5. The molecule has 1 fully saturated rings. The third kappa shape index (κ3) is 17.1. The van der Waals surface area contributed by atoms with E-state index in [4.69, 9.17) is 21.9 Å². The van der Waals surface area contributed by atoms with E-state index in [0.29, 0.717) is 32.1 Å². The number of carbonyl (C=O) groups is 6. The summed E-state index contributed by atoms with van der Waals surface area (Å²) in [4.78, 5) is 88.8. The molecule has 1 aliphatic carbocycles. The van der Waals surface area contributed by atoms with E-state index >= 15 is 0 Å². The van der Waals surface area contributed by atoms with Crippen LogP contribution >= 0.6 is 0 Å². The number of carbonyl (C=O) groups excluding carboxylic acids is 6. The highest BCUT2D eigenvalue weighted by Gasteiger charge is 2.44. The Hall–Kier alpha value is -6.65. The quantitative estimate of drug-likeness (QED) is 0.0292. The van der Waals surface area contributed by atoms with Crippen LogP contribution < -0.4 is 48.5 Å². The first-order chi connectivity index (χ1) is 31.1. The molecule has 17 nitrogen and oxygen atoms in total. The summed E-state index contributed by atoms with van der Waals surface area (Å²) in [6.45, 7) is 10.7. The van der Waals surface area contributed by atoms with Gasteiger partial charge in [-0.05, 0) is 106 Å². The standard InChI is InChI=1S/C45H64N10O7.C3H6/c1-5-6-14-39(57)55-45(21-19-32(20-22-45)31-15-17-34(62-4)18-16-31)43(61)54-36(24-30-11-8-7-9-12-30)42(60)52-35(13-10-23-49-44(47)48)41(59)53-37(40(58)51-27-38(46)56)25-33-26-50-29(3)28(33)2;1-3-2/h7-9,11-12,15-18,26,32,35-37,50H,5-6,10,13-14,19-25,27H2,1-4H3,(H2,46,56)(H,51,58)(H,52,60)(H,53,59)(H,54,61)(H,55,57)(H4,47,48,49);3H,1H2,2H3/t32?,35?,36?,37-,45?;/m0./s1. The van der Waals surface area contributed by atoms with Gasteiger partial charge in [-0.25, -0.2) is 0 Å². The van der Waals surface area contributed by atoms with Gasteiger partial charge in [-0.15, -0.1) is 6.58 Å². The molecule has 4 rings (SSSR count). The molecule has 1 aliphatic rings. The maximum atomic E-state index is 14.7. The lowest BCUT2D eigenvalue weighted by atomic mass is 9.73.